The van der Waals surface area contributed by atoms with Crippen molar-refractivity contribution in [2.24, 2.45) is 0 Å². The van der Waals surface area contributed by atoms with Crippen molar-refractivity contribution in [3.05, 3.63) is 18.0 Å². The van der Waals surface area contributed by atoms with E-state index in [-0.39, 0.29) is 24.8 Å². The van der Waals surface area contributed by atoms with Gasteiger partial charge in [0, 0.05) is 24.8 Å². The molecule has 1 N–H and O–H groups in total. The van der Waals surface area contributed by atoms with E-state index < -0.39 is 0 Å². The Labute approximate surface area is 123 Å². The molecule has 18 heavy (non-hydrogen) atoms. The predicted octanol–water partition coefficient (Wildman–Crippen LogP) is 2.18. The van der Waals surface area contributed by atoms with E-state index in [2.05, 4.69) is 42.5 Å². The molecule has 0 saturated carbocycles. The van der Waals surface area contributed by atoms with E-state index in [9.17, 15) is 0 Å². The largest absolute Gasteiger partial charge is 0.313 e. The fourth-order valence-corrected chi connectivity index (χ4v) is 1.60. The second-order valence-electron chi connectivity index (χ2n) is 4.45. The highest BCUT2D eigenvalue weighted by molar-refractivity contribution is 5.85. The molecule has 0 bridgehead atoms. The molecule has 0 fully saturated rings. The van der Waals surface area contributed by atoms with Crippen LogP contribution in [0, 0.1) is 0 Å². The van der Waals surface area contributed by atoms with Crippen LogP contribution in [0.1, 0.15) is 25.3 Å². The minimum absolute atomic E-state index is 0. The highest BCUT2D eigenvalue weighted by Gasteiger charge is 1.97. The first-order chi connectivity index (χ1) is 7.72. The highest BCUT2D eigenvalue weighted by atomic mass is 35.5. The highest BCUT2D eigenvalue weighted by Crippen LogP contribution is 1.98. The van der Waals surface area contributed by atoms with Gasteiger partial charge in [-0.05, 0) is 40.0 Å². The Morgan fingerprint density at radius 3 is 2.67 bits per heavy atom. The summed E-state index contributed by atoms with van der Waals surface area (Å²) in [6, 6.07) is 0. The van der Waals surface area contributed by atoms with Crippen molar-refractivity contribution in [2.75, 3.05) is 27.2 Å². The molecule has 0 aromatic carbocycles. The monoisotopic (exact) mass is 296 g/mol. The maximum Gasteiger partial charge on any atom is 0.0534 e. The summed E-state index contributed by atoms with van der Waals surface area (Å²) in [6.07, 6.45) is 6.41. The van der Waals surface area contributed by atoms with Crippen molar-refractivity contribution in [2.45, 2.75) is 32.9 Å². The van der Waals surface area contributed by atoms with Crippen molar-refractivity contribution in [3.8, 4) is 0 Å². The maximum absolute atomic E-state index is 4.30. The van der Waals surface area contributed by atoms with Gasteiger partial charge in [0.05, 0.1) is 6.20 Å². The molecule has 0 aliphatic rings. The Morgan fingerprint density at radius 2 is 2.06 bits per heavy atom. The SMILES string of the molecule is CCCn1cc(CNCCCN(C)C)cn1.Cl.Cl. The molecule has 0 amide bonds. The molecule has 0 aliphatic carbocycles. The third kappa shape index (κ3) is 8.75. The van der Waals surface area contributed by atoms with Gasteiger partial charge in [-0.1, -0.05) is 6.92 Å². The van der Waals surface area contributed by atoms with Gasteiger partial charge < -0.3 is 10.2 Å². The maximum atomic E-state index is 4.30. The molecule has 108 valence electrons. The van der Waals surface area contributed by atoms with E-state index in [1.807, 2.05) is 10.9 Å². The van der Waals surface area contributed by atoms with Crippen LogP contribution in [0.4, 0.5) is 0 Å². The molecular formula is C12H26Cl2N4. The Morgan fingerprint density at radius 1 is 1.33 bits per heavy atom. The van der Waals surface area contributed by atoms with Gasteiger partial charge in [0.2, 0.25) is 0 Å². The molecule has 6 heteroatoms. The van der Waals surface area contributed by atoms with Crippen molar-refractivity contribution < 1.29 is 0 Å². The van der Waals surface area contributed by atoms with Crippen LogP contribution < -0.4 is 5.32 Å². The van der Waals surface area contributed by atoms with Gasteiger partial charge in [-0.25, -0.2) is 0 Å². The summed E-state index contributed by atoms with van der Waals surface area (Å²) in [4.78, 5) is 2.21. The fraction of sp³-hybridized carbons (Fsp3) is 0.750. The predicted molar refractivity (Wildman–Crippen MR) is 81.9 cm³/mol. The first-order valence-electron chi connectivity index (χ1n) is 6.09. The van der Waals surface area contributed by atoms with Crippen molar-refractivity contribution in [1.29, 1.82) is 0 Å². The minimum Gasteiger partial charge on any atom is -0.313 e. The standard InChI is InChI=1S/C12H24N4.2ClH/c1-4-7-16-11-12(10-14-16)9-13-6-5-8-15(2)3;;/h10-11,13H,4-9H2,1-3H3;2*1H. The smallest absolute Gasteiger partial charge is 0.0534 e. The Hall–Kier alpha value is -0.290. The van der Waals surface area contributed by atoms with Gasteiger partial charge >= 0.3 is 0 Å². The lowest BCUT2D eigenvalue weighted by Gasteiger charge is -2.09. The third-order valence-electron chi connectivity index (χ3n) is 2.43. The normalized spacial score (nSPS) is 10.0. The third-order valence-corrected chi connectivity index (χ3v) is 2.43. The topological polar surface area (TPSA) is 33.1 Å². The summed E-state index contributed by atoms with van der Waals surface area (Å²) >= 11 is 0. The molecule has 1 rings (SSSR count). The van der Waals surface area contributed by atoms with Crippen LogP contribution in [0.25, 0.3) is 0 Å². The number of aromatic nitrogens is 2. The summed E-state index contributed by atoms with van der Waals surface area (Å²) in [7, 11) is 4.21. The van der Waals surface area contributed by atoms with Crippen molar-refractivity contribution >= 4 is 24.8 Å². The fourth-order valence-electron chi connectivity index (χ4n) is 1.60. The molecule has 1 aromatic heterocycles. The average Bonchev–Trinajstić information content (AvgIpc) is 2.65. The summed E-state index contributed by atoms with van der Waals surface area (Å²) in [5.41, 5.74) is 1.28. The van der Waals surface area contributed by atoms with E-state index in [1.165, 1.54) is 12.0 Å². The van der Waals surface area contributed by atoms with Crippen LogP contribution >= 0.6 is 24.8 Å². The van der Waals surface area contributed by atoms with Crippen molar-refractivity contribution in [3.63, 3.8) is 0 Å². The molecular weight excluding hydrogens is 271 g/mol. The van der Waals surface area contributed by atoms with Crippen molar-refractivity contribution in [1.82, 2.24) is 20.0 Å². The van der Waals surface area contributed by atoms with Crippen LogP contribution in [-0.2, 0) is 13.1 Å². The van der Waals surface area contributed by atoms with E-state index in [1.54, 1.807) is 0 Å². The number of nitrogens with zero attached hydrogens (tertiary/aromatic N) is 3. The second kappa shape index (κ2) is 11.8. The van der Waals surface area contributed by atoms with Gasteiger partial charge in [0.25, 0.3) is 0 Å². The van der Waals surface area contributed by atoms with E-state index in [0.717, 1.165) is 32.6 Å². The van der Waals surface area contributed by atoms with Crippen LogP contribution in [-0.4, -0.2) is 41.9 Å². The van der Waals surface area contributed by atoms with E-state index >= 15 is 0 Å². The van der Waals surface area contributed by atoms with Gasteiger partial charge in [-0.2, -0.15) is 5.10 Å². The van der Waals surface area contributed by atoms with Crippen LogP contribution in [0.3, 0.4) is 0 Å². The number of hydrogen-bond acceptors (Lipinski definition) is 3. The minimum atomic E-state index is 0. The molecule has 4 nitrogen and oxygen atoms in total. The lowest BCUT2D eigenvalue weighted by Crippen LogP contribution is -2.20. The Balaban J connectivity index is 0. The molecule has 1 aromatic rings. The first-order valence-corrected chi connectivity index (χ1v) is 6.09. The molecule has 0 atom stereocenters. The van der Waals surface area contributed by atoms with Gasteiger partial charge in [-0.3, -0.25) is 4.68 Å². The van der Waals surface area contributed by atoms with Gasteiger partial charge in [0.15, 0.2) is 0 Å². The number of aryl methyl sites for hydroxylation is 1. The number of rotatable bonds is 8. The Kier molecular flexibility index (Phi) is 13.1. The molecule has 0 radical (unpaired) electrons. The summed E-state index contributed by atoms with van der Waals surface area (Å²) in [5.74, 6) is 0. The number of halogens is 2. The summed E-state index contributed by atoms with van der Waals surface area (Å²) in [5, 5.41) is 7.73. The lowest BCUT2D eigenvalue weighted by atomic mass is 10.3. The number of hydrogen-bond donors (Lipinski definition) is 1. The zero-order valence-corrected chi connectivity index (χ0v) is 13.2. The van der Waals surface area contributed by atoms with Gasteiger partial charge in [-0.15, -0.1) is 24.8 Å². The molecule has 0 aliphatic heterocycles. The second-order valence-corrected chi connectivity index (χ2v) is 4.45. The van der Waals surface area contributed by atoms with E-state index in [4.69, 9.17) is 0 Å². The summed E-state index contributed by atoms with van der Waals surface area (Å²) in [6.45, 7) is 6.32. The first kappa shape index (κ1) is 20.0. The zero-order chi connectivity index (χ0) is 11.8. The quantitative estimate of drug-likeness (QED) is 0.747. The zero-order valence-electron chi connectivity index (χ0n) is 11.6. The number of nitrogens with one attached hydrogen (secondary N) is 1. The molecule has 0 spiro atoms. The molecule has 0 unspecified atom stereocenters. The van der Waals surface area contributed by atoms with E-state index in [0.29, 0.717) is 0 Å². The lowest BCUT2D eigenvalue weighted by molar-refractivity contribution is 0.394. The molecule has 0 saturated heterocycles. The summed E-state index contributed by atoms with van der Waals surface area (Å²) < 4.78 is 2.01. The molecule has 1 heterocycles. The Bertz CT molecular complexity index is 289. The average molecular weight is 297 g/mol. The van der Waals surface area contributed by atoms with Crippen LogP contribution in [0.15, 0.2) is 12.4 Å². The van der Waals surface area contributed by atoms with Gasteiger partial charge in [0.1, 0.15) is 0 Å². The van der Waals surface area contributed by atoms with Crippen LogP contribution in [0.2, 0.25) is 0 Å². The van der Waals surface area contributed by atoms with Crippen LogP contribution in [0.5, 0.6) is 0 Å².